The molecule has 0 bridgehead atoms. The molecule has 0 N–H and O–H groups in total. The second-order valence-corrected chi connectivity index (χ2v) is 8.38. The molecule has 2 aliphatic rings. The van der Waals surface area contributed by atoms with Crippen LogP contribution < -0.4 is 0 Å². The van der Waals surface area contributed by atoms with Crippen molar-refractivity contribution in [1.82, 2.24) is 19.7 Å². The van der Waals surface area contributed by atoms with Gasteiger partial charge in [-0.2, -0.15) is 5.10 Å². The van der Waals surface area contributed by atoms with E-state index in [1.807, 2.05) is 9.58 Å². The summed E-state index contributed by atoms with van der Waals surface area (Å²) in [6.07, 6.45) is 3.32. The summed E-state index contributed by atoms with van der Waals surface area (Å²) in [5, 5.41) is 4.97. The molecule has 1 aliphatic carbocycles. The Hall–Kier alpha value is -1.95. The first kappa shape index (κ1) is 18.4. The van der Waals surface area contributed by atoms with E-state index in [1.165, 1.54) is 12.1 Å². The van der Waals surface area contributed by atoms with Gasteiger partial charge in [0.15, 0.2) is 5.82 Å². The predicted molar refractivity (Wildman–Crippen MR) is 101 cm³/mol. The van der Waals surface area contributed by atoms with Gasteiger partial charge in [0.1, 0.15) is 11.6 Å². The van der Waals surface area contributed by atoms with Gasteiger partial charge in [0.05, 0.1) is 19.0 Å². The predicted octanol–water partition coefficient (Wildman–Crippen LogP) is 4.12. The molecule has 2 aromatic rings. The fourth-order valence-corrected chi connectivity index (χ4v) is 3.94. The molecule has 144 valence electrons. The second-order valence-electron chi connectivity index (χ2n) is 7.97. The second kappa shape index (κ2) is 7.23. The zero-order valence-corrected chi connectivity index (χ0v) is 16.4. The number of hydrogen-bond donors (Lipinski definition) is 0. The lowest BCUT2D eigenvalue weighted by atomic mass is 9.99. The Bertz CT molecular complexity index is 862. The highest BCUT2D eigenvalue weighted by atomic mass is 35.5. The van der Waals surface area contributed by atoms with Gasteiger partial charge in [-0.15, -0.1) is 0 Å². The van der Waals surface area contributed by atoms with Gasteiger partial charge in [-0.3, -0.25) is 4.79 Å². The number of nitrogens with zero attached hydrogens (tertiary/aromatic N) is 4. The molecule has 7 heteroatoms. The maximum atomic E-state index is 13.3. The molecule has 1 fully saturated rings. The van der Waals surface area contributed by atoms with E-state index in [-0.39, 0.29) is 18.4 Å². The van der Waals surface area contributed by atoms with Crippen molar-refractivity contribution >= 4 is 17.5 Å². The number of fused-ring (bicyclic) bond motifs is 1. The Morgan fingerprint density at radius 3 is 2.78 bits per heavy atom. The smallest absolute Gasteiger partial charge is 0.227 e. The minimum Gasteiger partial charge on any atom is -0.330 e. The van der Waals surface area contributed by atoms with E-state index < -0.39 is 5.82 Å². The molecule has 0 unspecified atom stereocenters. The molecule has 27 heavy (non-hydrogen) atoms. The van der Waals surface area contributed by atoms with Crippen LogP contribution in [0.15, 0.2) is 18.2 Å². The van der Waals surface area contributed by atoms with Crippen molar-refractivity contribution in [2.75, 3.05) is 6.54 Å². The maximum absolute atomic E-state index is 13.3. The summed E-state index contributed by atoms with van der Waals surface area (Å²) in [6, 6.07) is 4.11. The average molecular weight is 391 g/mol. The normalized spacial score (nSPS) is 19.4. The first-order valence-corrected chi connectivity index (χ1v) is 9.98. The summed E-state index contributed by atoms with van der Waals surface area (Å²) in [7, 11) is 0. The first-order valence-electron chi connectivity index (χ1n) is 9.60. The minimum atomic E-state index is -0.396. The van der Waals surface area contributed by atoms with Crippen molar-refractivity contribution in [2.24, 2.45) is 5.92 Å². The number of carbonyl (C=O) groups is 1. The molecule has 1 amide bonds. The van der Waals surface area contributed by atoms with Crippen molar-refractivity contribution in [3.63, 3.8) is 0 Å². The summed E-state index contributed by atoms with van der Waals surface area (Å²) < 4.78 is 15.3. The Morgan fingerprint density at radius 2 is 2.11 bits per heavy atom. The first-order chi connectivity index (χ1) is 12.9. The lowest BCUT2D eigenvalue weighted by Crippen LogP contribution is -2.43. The molecule has 1 aromatic heterocycles. The van der Waals surface area contributed by atoms with Crippen LogP contribution in [0, 0.1) is 11.7 Å². The van der Waals surface area contributed by atoms with Crippen molar-refractivity contribution in [3.05, 3.63) is 46.3 Å². The quantitative estimate of drug-likeness (QED) is 0.771. The Kier molecular flexibility index (Phi) is 4.93. The number of carbonyl (C=O) groups excluding carboxylic acids is 1. The highest BCUT2D eigenvalue weighted by molar-refractivity contribution is 6.31. The minimum absolute atomic E-state index is 0.00335. The highest BCUT2D eigenvalue weighted by Gasteiger charge is 2.36. The van der Waals surface area contributed by atoms with Crippen molar-refractivity contribution < 1.29 is 9.18 Å². The van der Waals surface area contributed by atoms with E-state index in [1.54, 1.807) is 6.07 Å². The van der Waals surface area contributed by atoms with Gasteiger partial charge in [-0.1, -0.05) is 31.5 Å². The largest absolute Gasteiger partial charge is 0.330 e. The van der Waals surface area contributed by atoms with Crippen LogP contribution in [0.3, 0.4) is 0 Å². The number of hydrogen-bond acceptors (Lipinski definition) is 3. The summed E-state index contributed by atoms with van der Waals surface area (Å²) in [5.74, 6) is 2.34. The Labute approximate surface area is 163 Å². The van der Waals surface area contributed by atoms with Crippen LogP contribution in [-0.2, 0) is 17.8 Å². The van der Waals surface area contributed by atoms with Crippen molar-refractivity contribution in [3.8, 4) is 0 Å². The molecule has 1 aromatic carbocycles. The third kappa shape index (κ3) is 3.86. The van der Waals surface area contributed by atoms with Gasteiger partial charge in [0.25, 0.3) is 0 Å². The van der Waals surface area contributed by atoms with Gasteiger partial charge in [0.2, 0.25) is 5.91 Å². The number of halogens is 2. The van der Waals surface area contributed by atoms with Gasteiger partial charge < -0.3 is 4.90 Å². The van der Waals surface area contributed by atoms with Crippen LogP contribution >= 0.6 is 11.6 Å². The van der Waals surface area contributed by atoms with Gasteiger partial charge in [0, 0.05) is 17.5 Å². The number of benzene rings is 1. The van der Waals surface area contributed by atoms with E-state index in [0.29, 0.717) is 35.5 Å². The molecule has 4 rings (SSSR count). The summed E-state index contributed by atoms with van der Waals surface area (Å²) in [4.78, 5) is 19.8. The molecular formula is C20H24ClFN4O. The monoisotopic (exact) mass is 390 g/mol. The van der Waals surface area contributed by atoms with Crippen LogP contribution in [0.4, 0.5) is 4.39 Å². The number of amides is 1. The average Bonchev–Trinajstić information content (AvgIpc) is 3.36. The van der Waals surface area contributed by atoms with Crippen molar-refractivity contribution in [2.45, 2.75) is 58.0 Å². The lowest BCUT2D eigenvalue weighted by Gasteiger charge is -2.36. The number of aromatic nitrogens is 3. The van der Waals surface area contributed by atoms with Gasteiger partial charge in [-0.05, 0) is 42.9 Å². The van der Waals surface area contributed by atoms with Crippen LogP contribution in [0.5, 0.6) is 0 Å². The SMILES string of the molecule is CC(C)C[C@H]1c2nc(C3CC3)nn2CCN1C(=O)Cc1ccc(F)cc1Cl. The summed E-state index contributed by atoms with van der Waals surface area (Å²) in [5.41, 5.74) is 0.650. The third-order valence-electron chi connectivity index (χ3n) is 5.26. The van der Waals surface area contributed by atoms with E-state index >= 15 is 0 Å². The highest BCUT2D eigenvalue weighted by Crippen LogP contribution is 2.40. The van der Waals surface area contributed by atoms with Gasteiger partial charge >= 0.3 is 0 Å². The van der Waals surface area contributed by atoms with Crippen LogP contribution in [0.25, 0.3) is 0 Å². The van der Waals surface area contributed by atoms with E-state index in [2.05, 4.69) is 18.9 Å². The van der Waals surface area contributed by atoms with Crippen LogP contribution in [-0.4, -0.2) is 32.1 Å². The fourth-order valence-electron chi connectivity index (χ4n) is 3.70. The van der Waals surface area contributed by atoms with E-state index in [4.69, 9.17) is 16.6 Å². The van der Waals surface area contributed by atoms with Gasteiger partial charge in [-0.25, -0.2) is 14.1 Å². The number of rotatable bonds is 5. The van der Waals surface area contributed by atoms with Crippen LogP contribution in [0.2, 0.25) is 5.02 Å². The molecule has 1 aliphatic heterocycles. The standard InChI is InChI=1S/C20H24ClFN4O/c1-12(2)9-17-20-23-19(13-3-4-13)24-26(20)8-7-25(17)18(27)10-14-5-6-15(22)11-16(14)21/h5-6,11-13,17H,3-4,7-10H2,1-2H3/t17-/m0/s1. The zero-order chi connectivity index (χ0) is 19.1. The Morgan fingerprint density at radius 1 is 1.33 bits per heavy atom. The molecule has 1 saturated carbocycles. The lowest BCUT2D eigenvalue weighted by molar-refractivity contribution is -0.134. The molecule has 1 atom stereocenters. The summed E-state index contributed by atoms with van der Waals surface area (Å²) >= 11 is 6.12. The third-order valence-corrected chi connectivity index (χ3v) is 5.61. The molecule has 5 nitrogen and oxygen atoms in total. The molecule has 0 saturated heterocycles. The summed E-state index contributed by atoms with van der Waals surface area (Å²) in [6.45, 7) is 5.56. The Balaban J connectivity index is 1.59. The van der Waals surface area contributed by atoms with Crippen molar-refractivity contribution in [1.29, 1.82) is 0 Å². The molecular weight excluding hydrogens is 367 g/mol. The van der Waals surface area contributed by atoms with Crippen LogP contribution in [0.1, 0.15) is 62.3 Å². The molecule has 2 heterocycles. The topological polar surface area (TPSA) is 51.0 Å². The molecule has 0 radical (unpaired) electrons. The van der Waals surface area contributed by atoms with E-state index in [0.717, 1.165) is 30.9 Å². The molecule has 0 spiro atoms. The maximum Gasteiger partial charge on any atom is 0.227 e. The fraction of sp³-hybridized carbons (Fsp3) is 0.550. The van der Waals surface area contributed by atoms with E-state index in [9.17, 15) is 9.18 Å². The zero-order valence-electron chi connectivity index (χ0n) is 15.7.